The average Bonchev–Trinajstić information content (AvgIpc) is 3.50. The van der Waals surface area contributed by atoms with E-state index in [9.17, 15) is 9.59 Å². The van der Waals surface area contributed by atoms with E-state index in [-0.39, 0.29) is 0 Å². The predicted molar refractivity (Wildman–Crippen MR) is 141 cm³/mol. The highest BCUT2D eigenvalue weighted by Crippen LogP contribution is 2.40. The van der Waals surface area contributed by atoms with Crippen LogP contribution in [0.5, 0.6) is 0 Å². The van der Waals surface area contributed by atoms with Crippen molar-refractivity contribution < 1.29 is 14.3 Å². The number of nitrogens with zero attached hydrogens (tertiary/aromatic N) is 2. The molecule has 0 fully saturated rings. The highest BCUT2D eigenvalue weighted by atomic mass is 79.9. The van der Waals surface area contributed by atoms with Gasteiger partial charge in [-0.3, -0.25) is 0 Å². The van der Waals surface area contributed by atoms with Gasteiger partial charge in [-0.2, -0.15) is 0 Å². The molecule has 0 atom stereocenters. The number of esters is 2. The van der Waals surface area contributed by atoms with Gasteiger partial charge < -0.3 is 13.9 Å². The van der Waals surface area contributed by atoms with E-state index in [4.69, 9.17) is 4.74 Å². The Morgan fingerprint density at radius 2 is 1.26 bits per heavy atom. The average molecular weight is 525 g/mol. The monoisotopic (exact) mass is 524 g/mol. The summed E-state index contributed by atoms with van der Waals surface area (Å²) in [5.41, 5.74) is 6.40. The molecule has 6 rings (SSSR count). The number of rotatable bonds is 5. The van der Waals surface area contributed by atoms with Gasteiger partial charge in [0.1, 0.15) is 0 Å². The van der Waals surface area contributed by atoms with E-state index in [2.05, 4.69) is 32.6 Å². The van der Waals surface area contributed by atoms with Crippen molar-refractivity contribution in [1.82, 2.24) is 9.13 Å². The molecular formula is C29H21BrN2O3. The molecule has 1 aliphatic heterocycles. The molecule has 0 N–H and O–H groups in total. The smallest absolute Gasteiger partial charge is 0.347 e. The number of carbonyl (C=O) groups excluding carboxylic acids is 2. The van der Waals surface area contributed by atoms with E-state index >= 15 is 0 Å². The van der Waals surface area contributed by atoms with Crippen LogP contribution in [-0.4, -0.2) is 21.1 Å². The molecule has 5 nitrogen and oxygen atoms in total. The number of hydrogen-bond acceptors (Lipinski definition) is 3. The minimum Gasteiger partial charge on any atom is -0.386 e. The van der Waals surface area contributed by atoms with Crippen molar-refractivity contribution in [1.29, 1.82) is 0 Å². The lowest BCUT2D eigenvalue weighted by Crippen LogP contribution is -2.02. The summed E-state index contributed by atoms with van der Waals surface area (Å²) in [7, 11) is 1.93. The normalized spacial score (nSPS) is 13.9. The Balaban J connectivity index is 1.59. The Kier molecular flexibility index (Phi) is 5.19. The van der Waals surface area contributed by atoms with Crippen molar-refractivity contribution in [2.24, 2.45) is 7.05 Å². The standard InChI is InChI=1S/C29H21BrN2O3/c1-31-16-22(20-10-4-6-12-24(20)31)26-27(29(34)35-28(26)33)23-17-32(25-13-7-5-11-21(23)25)15-19-9-3-2-8-18(19)14-30/h2-13,16-17H,14-15H2,1H3. The molecule has 1 aliphatic rings. The van der Waals surface area contributed by atoms with Crippen LogP contribution in [0.4, 0.5) is 0 Å². The number of hydrogen-bond donors (Lipinski definition) is 0. The number of ether oxygens (including phenoxy) is 1. The molecule has 0 saturated carbocycles. The first-order chi connectivity index (χ1) is 17.1. The molecule has 35 heavy (non-hydrogen) atoms. The van der Waals surface area contributed by atoms with Gasteiger partial charge in [0.15, 0.2) is 0 Å². The number of benzene rings is 3. The number of halogens is 1. The molecule has 6 heteroatoms. The highest BCUT2D eigenvalue weighted by molar-refractivity contribution is 9.08. The van der Waals surface area contributed by atoms with Crippen molar-refractivity contribution in [3.63, 3.8) is 0 Å². The molecule has 5 aromatic rings. The van der Waals surface area contributed by atoms with Crippen LogP contribution in [0.25, 0.3) is 33.0 Å². The molecular weight excluding hydrogens is 504 g/mol. The number of carbonyl (C=O) groups is 2. The molecule has 0 bridgehead atoms. The summed E-state index contributed by atoms with van der Waals surface area (Å²) in [5.74, 6) is -1.22. The summed E-state index contributed by atoms with van der Waals surface area (Å²) in [6.45, 7) is 0.641. The Hall–Kier alpha value is -3.90. The lowest BCUT2D eigenvalue weighted by Gasteiger charge is -2.09. The first-order valence-corrected chi connectivity index (χ1v) is 12.4. The fourth-order valence-corrected chi connectivity index (χ4v) is 5.57. The number of alkyl halides is 1. The summed E-state index contributed by atoms with van der Waals surface area (Å²) >= 11 is 3.58. The van der Waals surface area contributed by atoms with Crippen molar-refractivity contribution in [3.8, 4) is 0 Å². The number of fused-ring (bicyclic) bond motifs is 2. The molecule has 0 amide bonds. The predicted octanol–water partition coefficient (Wildman–Crippen LogP) is 6.07. The van der Waals surface area contributed by atoms with Crippen LogP contribution in [0.15, 0.2) is 85.2 Å². The van der Waals surface area contributed by atoms with Crippen molar-refractivity contribution in [3.05, 3.63) is 107 Å². The zero-order valence-electron chi connectivity index (χ0n) is 19.0. The van der Waals surface area contributed by atoms with Gasteiger partial charge in [-0.05, 0) is 23.3 Å². The third-order valence-electron chi connectivity index (χ3n) is 6.67. The van der Waals surface area contributed by atoms with Gasteiger partial charge in [0, 0.05) is 64.2 Å². The highest BCUT2D eigenvalue weighted by Gasteiger charge is 2.37. The van der Waals surface area contributed by atoms with Crippen LogP contribution in [-0.2, 0) is 33.2 Å². The zero-order chi connectivity index (χ0) is 24.1. The molecule has 3 aromatic carbocycles. The Morgan fingerprint density at radius 1 is 0.714 bits per heavy atom. The van der Waals surface area contributed by atoms with Gasteiger partial charge in [0.05, 0.1) is 11.1 Å². The maximum absolute atomic E-state index is 13.1. The van der Waals surface area contributed by atoms with Crippen LogP contribution in [0.2, 0.25) is 0 Å². The van der Waals surface area contributed by atoms with Gasteiger partial charge in [-0.15, -0.1) is 0 Å². The van der Waals surface area contributed by atoms with E-state index in [1.165, 1.54) is 11.1 Å². The van der Waals surface area contributed by atoms with E-state index in [1.807, 2.05) is 84.7 Å². The fourth-order valence-electron chi connectivity index (χ4n) is 5.02. The summed E-state index contributed by atoms with van der Waals surface area (Å²) in [4.78, 5) is 26.1. The first kappa shape index (κ1) is 21.6. The summed E-state index contributed by atoms with van der Waals surface area (Å²) < 4.78 is 9.29. The zero-order valence-corrected chi connectivity index (χ0v) is 20.6. The fraction of sp³-hybridized carbons (Fsp3) is 0.103. The summed E-state index contributed by atoms with van der Waals surface area (Å²) in [6.07, 6.45) is 3.86. The van der Waals surface area contributed by atoms with Crippen molar-refractivity contribution in [2.75, 3.05) is 0 Å². The molecule has 3 heterocycles. The molecule has 0 saturated heterocycles. The van der Waals surface area contributed by atoms with Gasteiger partial charge in [0.25, 0.3) is 0 Å². The number of aryl methyl sites for hydroxylation is 1. The Bertz CT molecular complexity index is 1690. The number of para-hydroxylation sites is 2. The van der Waals surface area contributed by atoms with Gasteiger partial charge >= 0.3 is 11.9 Å². The van der Waals surface area contributed by atoms with Crippen molar-refractivity contribution >= 4 is 60.8 Å². The molecule has 2 aromatic heterocycles. The van der Waals surface area contributed by atoms with Gasteiger partial charge in [-0.1, -0.05) is 76.6 Å². The number of cyclic esters (lactones) is 2. The van der Waals surface area contributed by atoms with Crippen molar-refractivity contribution in [2.45, 2.75) is 11.9 Å². The second kappa shape index (κ2) is 8.40. The minimum atomic E-state index is -0.610. The number of aromatic nitrogens is 2. The molecule has 172 valence electrons. The summed E-state index contributed by atoms with van der Waals surface area (Å²) in [6, 6.07) is 24.1. The van der Waals surface area contributed by atoms with Crippen LogP contribution >= 0.6 is 15.9 Å². The van der Waals surface area contributed by atoms with Gasteiger partial charge in [-0.25, -0.2) is 9.59 Å². The van der Waals surface area contributed by atoms with Crippen LogP contribution in [0.3, 0.4) is 0 Å². The topological polar surface area (TPSA) is 53.2 Å². The lowest BCUT2D eigenvalue weighted by molar-refractivity contribution is -0.149. The van der Waals surface area contributed by atoms with E-state index < -0.39 is 11.9 Å². The Labute approximate surface area is 210 Å². The second-order valence-corrected chi connectivity index (χ2v) is 9.25. The Morgan fingerprint density at radius 3 is 1.94 bits per heavy atom. The molecule has 0 spiro atoms. The quantitative estimate of drug-likeness (QED) is 0.159. The van der Waals surface area contributed by atoms with Crippen LogP contribution in [0, 0.1) is 0 Å². The van der Waals surface area contributed by atoms with E-state index in [0.29, 0.717) is 28.8 Å². The van der Waals surface area contributed by atoms with Crippen LogP contribution in [0.1, 0.15) is 22.3 Å². The molecule has 0 radical (unpaired) electrons. The third-order valence-corrected chi connectivity index (χ3v) is 7.28. The SMILES string of the molecule is Cn1cc(C2=C(c3cn(Cc4ccccc4CBr)c4ccccc34)C(=O)OC2=O)c2ccccc21. The van der Waals surface area contributed by atoms with Crippen LogP contribution < -0.4 is 0 Å². The molecule has 0 aliphatic carbocycles. The third kappa shape index (κ3) is 3.44. The maximum Gasteiger partial charge on any atom is 0.347 e. The van der Waals surface area contributed by atoms with E-state index in [0.717, 1.165) is 27.1 Å². The van der Waals surface area contributed by atoms with Gasteiger partial charge in [0.2, 0.25) is 0 Å². The van der Waals surface area contributed by atoms with E-state index in [1.54, 1.807) is 0 Å². The largest absolute Gasteiger partial charge is 0.386 e. The summed E-state index contributed by atoms with van der Waals surface area (Å²) in [5, 5.41) is 2.57. The molecule has 0 unspecified atom stereocenters. The lowest BCUT2D eigenvalue weighted by atomic mass is 9.95. The second-order valence-electron chi connectivity index (χ2n) is 8.69. The maximum atomic E-state index is 13.1. The first-order valence-electron chi connectivity index (χ1n) is 11.3. The minimum absolute atomic E-state index is 0.315.